The molecule has 0 aromatic carbocycles. The highest BCUT2D eigenvalue weighted by Crippen LogP contribution is 2.32. The Morgan fingerprint density at radius 2 is 2.14 bits per heavy atom. The van der Waals surface area contributed by atoms with Gasteiger partial charge in [-0.25, -0.2) is 0 Å². The van der Waals surface area contributed by atoms with E-state index in [0.717, 1.165) is 32.5 Å². The van der Waals surface area contributed by atoms with E-state index in [4.69, 9.17) is 4.74 Å². The normalized spacial score (nSPS) is 27.1. The van der Waals surface area contributed by atoms with Gasteiger partial charge >= 0.3 is 0 Å². The average Bonchev–Trinajstić information content (AvgIpc) is 2.65. The van der Waals surface area contributed by atoms with Crippen molar-refractivity contribution in [2.45, 2.75) is 24.8 Å². The van der Waals surface area contributed by atoms with Crippen LogP contribution in [0.2, 0.25) is 0 Å². The number of carbonyl (C=O) groups is 2. The molecule has 0 aromatic heterocycles. The third kappa shape index (κ3) is 3.50. The van der Waals surface area contributed by atoms with E-state index >= 15 is 0 Å². The first-order valence-corrected chi connectivity index (χ1v) is 7.89. The summed E-state index contributed by atoms with van der Waals surface area (Å²) in [4.78, 5) is 30.4. The minimum Gasteiger partial charge on any atom is -0.375 e. The van der Waals surface area contributed by atoms with E-state index in [0.29, 0.717) is 19.5 Å². The van der Waals surface area contributed by atoms with Crippen molar-refractivity contribution in [3.8, 4) is 0 Å². The molecular weight excluding hydrogens is 282 g/mol. The van der Waals surface area contributed by atoms with Crippen molar-refractivity contribution in [2.75, 3.05) is 53.5 Å². The molecule has 1 atom stereocenters. The zero-order chi connectivity index (χ0) is 16.2. The topological polar surface area (TPSA) is 53.1 Å². The molecule has 0 saturated carbocycles. The van der Waals surface area contributed by atoms with Crippen LogP contribution in [0.3, 0.4) is 0 Å². The summed E-state index contributed by atoms with van der Waals surface area (Å²) >= 11 is 0. The lowest BCUT2D eigenvalue weighted by atomic mass is 9.86. The van der Waals surface area contributed by atoms with Crippen molar-refractivity contribution in [2.24, 2.45) is 0 Å². The lowest BCUT2D eigenvalue weighted by Gasteiger charge is -2.49. The lowest BCUT2D eigenvalue weighted by molar-refractivity contribution is -0.140. The van der Waals surface area contributed by atoms with Gasteiger partial charge in [0.25, 0.3) is 0 Å². The maximum absolute atomic E-state index is 12.2. The van der Waals surface area contributed by atoms with Crippen molar-refractivity contribution < 1.29 is 14.3 Å². The molecule has 0 bridgehead atoms. The largest absolute Gasteiger partial charge is 0.375 e. The molecule has 2 rings (SSSR count). The summed E-state index contributed by atoms with van der Waals surface area (Å²) in [5, 5.41) is 0. The minimum absolute atomic E-state index is 0.0356. The number of amides is 2. The van der Waals surface area contributed by atoms with Gasteiger partial charge < -0.3 is 14.5 Å². The van der Waals surface area contributed by atoms with E-state index in [1.807, 2.05) is 9.80 Å². The quantitative estimate of drug-likeness (QED) is 0.703. The van der Waals surface area contributed by atoms with Crippen LogP contribution in [0.25, 0.3) is 0 Å². The van der Waals surface area contributed by atoms with Gasteiger partial charge in [-0.3, -0.25) is 14.5 Å². The predicted molar refractivity (Wildman–Crippen MR) is 84.4 cm³/mol. The van der Waals surface area contributed by atoms with Crippen molar-refractivity contribution in [3.05, 3.63) is 12.7 Å². The van der Waals surface area contributed by atoms with Crippen LogP contribution in [-0.2, 0) is 14.3 Å². The number of methoxy groups -OCH3 is 1. The van der Waals surface area contributed by atoms with E-state index < -0.39 is 0 Å². The lowest BCUT2D eigenvalue weighted by Crippen LogP contribution is -2.62. The van der Waals surface area contributed by atoms with Crippen LogP contribution in [0.15, 0.2) is 12.7 Å². The predicted octanol–water partition coefficient (Wildman–Crippen LogP) is 0.344. The number of piperazine rings is 1. The molecule has 2 heterocycles. The zero-order valence-electron chi connectivity index (χ0n) is 13.7. The van der Waals surface area contributed by atoms with E-state index in [2.05, 4.69) is 18.5 Å². The fourth-order valence-corrected chi connectivity index (χ4v) is 3.47. The van der Waals surface area contributed by atoms with Crippen molar-refractivity contribution in [1.29, 1.82) is 0 Å². The third-order valence-electron chi connectivity index (χ3n) is 4.97. The van der Waals surface area contributed by atoms with E-state index in [9.17, 15) is 9.59 Å². The molecule has 0 unspecified atom stereocenters. The van der Waals surface area contributed by atoms with Gasteiger partial charge in [0.1, 0.15) is 6.61 Å². The van der Waals surface area contributed by atoms with E-state index in [-0.39, 0.29) is 24.0 Å². The second kappa shape index (κ2) is 7.24. The summed E-state index contributed by atoms with van der Waals surface area (Å²) in [5.41, 5.74) is -0.104. The monoisotopic (exact) mass is 309 g/mol. The molecule has 22 heavy (non-hydrogen) atoms. The standard InChI is InChI=1S/C16H27N3O3/c1-4-8-18-9-7-16(6-5-14(18)20)13-19(11-10-17(16)2)15(21)12-22-3/h4H,1,5-13H2,2-3H3/t16-/m0/s1. The van der Waals surface area contributed by atoms with Crippen molar-refractivity contribution >= 4 is 11.8 Å². The molecule has 0 aromatic rings. The van der Waals surface area contributed by atoms with Crippen molar-refractivity contribution in [3.63, 3.8) is 0 Å². The van der Waals surface area contributed by atoms with Crippen LogP contribution in [0.4, 0.5) is 0 Å². The van der Waals surface area contributed by atoms with Crippen LogP contribution in [0.1, 0.15) is 19.3 Å². The Morgan fingerprint density at radius 1 is 1.36 bits per heavy atom. The molecule has 124 valence electrons. The van der Waals surface area contributed by atoms with Crippen LogP contribution < -0.4 is 0 Å². The Hall–Kier alpha value is -1.40. The Kier molecular flexibility index (Phi) is 5.58. The number of likely N-dealkylation sites (tertiary alicyclic amines) is 1. The molecule has 0 aliphatic carbocycles. The molecule has 2 saturated heterocycles. The fraction of sp³-hybridized carbons (Fsp3) is 0.750. The Bertz CT molecular complexity index is 440. The molecule has 6 heteroatoms. The smallest absolute Gasteiger partial charge is 0.248 e. The molecule has 2 aliphatic heterocycles. The Labute approximate surface area is 132 Å². The van der Waals surface area contributed by atoms with Gasteiger partial charge in [-0.1, -0.05) is 6.08 Å². The summed E-state index contributed by atoms with van der Waals surface area (Å²) < 4.78 is 4.97. The van der Waals surface area contributed by atoms with E-state index in [1.165, 1.54) is 0 Å². The summed E-state index contributed by atoms with van der Waals surface area (Å²) in [7, 11) is 3.65. The highest BCUT2D eigenvalue weighted by atomic mass is 16.5. The molecule has 2 fully saturated rings. The summed E-state index contributed by atoms with van der Waals surface area (Å²) in [6.07, 6.45) is 3.99. The van der Waals surface area contributed by atoms with Gasteiger partial charge in [-0.2, -0.15) is 0 Å². The molecule has 6 nitrogen and oxygen atoms in total. The molecular formula is C16H27N3O3. The number of carbonyl (C=O) groups excluding carboxylic acids is 2. The minimum atomic E-state index is -0.104. The SMILES string of the molecule is C=CCN1CC[C@@]2(CCC1=O)CN(C(=O)COC)CCN2C. The number of hydrogen-bond donors (Lipinski definition) is 0. The number of rotatable bonds is 4. The zero-order valence-corrected chi connectivity index (χ0v) is 13.7. The molecule has 2 aliphatic rings. The van der Waals surface area contributed by atoms with Gasteiger partial charge in [-0.15, -0.1) is 6.58 Å². The van der Waals surface area contributed by atoms with Crippen LogP contribution in [-0.4, -0.2) is 85.5 Å². The first-order chi connectivity index (χ1) is 10.5. The van der Waals surface area contributed by atoms with Gasteiger partial charge in [0, 0.05) is 51.8 Å². The first-order valence-electron chi connectivity index (χ1n) is 7.89. The Morgan fingerprint density at radius 3 is 2.82 bits per heavy atom. The average molecular weight is 309 g/mol. The van der Waals surface area contributed by atoms with Gasteiger partial charge in [0.05, 0.1) is 0 Å². The second-order valence-electron chi connectivity index (χ2n) is 6.27. The summed E-state index contributed by atoms with van der Waals surface area (Å²) in [6.45, 7) is 7.42. The number of ether oxygens (including phenoxy) is 1. The first kappa shape index (κ1) is 17.0. The maximum Gasteiger partial charge on any atom is 0.248 e. The summed E-state index contributed by atoms with van der Waals surface area (Å²) in [6, 6.07) is 0. The van der Waals surface area contributed by atoms with Gasteiger partial charge in [-0.05, 0) is 19.9 Å². The Balaban J connectivity index is 2.10. The van der Waals surface area contributed by atoms with Gasteiger partial charge in [0.2, 0.25) is 11.8 Å². The van der Waals surface area contributed by atoms with Crippen molar-refractivity contribution in [1.82, 2.24) is 14.7 Å². The van der Waals surface area contributed by atoms with Crippen LogP contribution in [0, 0.1) is 0 Å². The highest BCUT2D eigenvalue weighted by Gasteiger charge is 2.43. The number of hydrogen-bond acceptors (Lipinski definition) is 4. The third-order valence-corrected chi connectivity index (χ3v) is 4.97. The van der Waals surface area contributed by atoms with Gasteiger partial charge in [0.15, 0.2) is 0 Å². The molecule has 1 spiro atoms. The maximum atomic E-state index is 12.2. The summed E-state index contributed by atoms with van der Waals surface area (Å²) in [5.74, 6) is 0.221. The molecule has 2 amide bonds. The molecule has 0 N–H and O–H groups in total. The molecule has 0 radical (unpaired) electrons. The number of nitrogens with zero attached hydrogens (tertiary/aromatic N) is 3. The second-order valence-corrected chi connectivity index (χ2v) is 6.27. The highest BCUT2D eigenvalue weighted by molar-refractivity contribution is 5.78. The van der Waals surface area contributed by atoms with Crippen LogP contribution >= 0.6 is 0 Å². The van der Waals surface area contributed by atoms with Crippen LogP contribution in [0.5, 0.6) is 0 Å². The number of likely N-dealkylation sites (N-methyl/N-ethyl adjacent to an activating group) is 1. The fourth-order valence-electron chi connectivity index (χ4n) is 3.47. The van der Waals surface area contributed by atoms with E-state index in [1.54, 1.807) is 13.2 Å².